The lowest BCUT2D eigenvalue weighted by molar-refractivity contribution is -0.121. The summed E-state index contributed by atoms with van der Waals surface area (Å²) in [4.78, 5) is 54.8. The summed E-state index contributed by atoms with van der Waals surface area (Å²) in [6, 6.07) is 18.1. The lowest BCUT2D eigenvalue weighted by atomic mass is 10.1. The van der Waals surface area contributed by atoms with Crippen LogP contribution in [0, 0.1) is 5.41 Å². The second kappa shape index (κ2) is 14.5. The van der Waals surface area contributed by atoms with Gasteiger partial charge in [0.1, 0.15) is 18.1 Å². The van der Waals surface area contributed by atoms with E-state index in [-0.39, 0.29) is 52.6 Å². The van der Waals surface area contributed by atoms with Crippen molar-refractivity contribution >= 4 is 35.2 Å². The number of hydrogen-bond donors (Lipinski definition) is 8. The second-order valence-electron chi connectivity index (χ2n) is 10.6. The predicted octanol–water partition coefficient (Wildman–Crippen LogP) is 2.86. The molecule has 3 aromatic carbocycles. The molecule has 4 aromatic rings. The van der Waals surface area contributed by atoms with Gasteiger partial charge in [-0.3, -0.25) is 29.7 Å². The smallest absolute Gasteiger partial charge is 0.410 e. The van der Waals surface area contributed by atoms with E-state index in [2.05, 4.69) is 20.9 Å². The minimum Gasteiger partial charge on any atom is -0.507 e. The molecular weight excluding hydrogens is 592 g/mol. The van der Waals surface area contributed by atoms with E-state index in [1.54, 1.807) is 12.1 Å². The Morgan fingerprint density at radius 3 is 2.37 bits per heavy atom. The van der Waals surface area contributed by atoms with Gasteiger partial charge in [-0.15, -0.1) is 0 Å². The zero-order chi connectivity index (χ0) is 33.4. The summed E-state index contributed by atoms with van der Waals surface area (Å²) in [5.41, 5.74) is 8.12. The molecule has 0 radical (unpaired) electrons. The maximum absolute atomic E-state index is 13.5. The molecule has 0 bridgehead atoms. The fourth-order valence-corrected chi connectivity index (χ4v) is 4.53. The summed E-state index contributed by atoms with van der Waals surface area (Å²) < 4.78 is 1.23. The summed E-state index contributed by atoms with van der Waals surface area (Å²) >= 11 is 0. The average molecular weight is 627 g/mol. The summed E-state index contributed by atoms with van der Waals surface area (Å²) in [7, 11) is 0. The Balaban J connectivity index is 1.57. The molecule has 0 unspecified atom stereocenters. The third-order valence-electron chi connectivity index (χ3n) is 6.64. The Morgan fingerprint density at radius 2 is 1.70 bits per heavy atom. The van der Waals surface area contributed by atoms with Crippen molar-refractivity contribution in [2.24, 2.45) is 0 Å². The molecule has 0 atom stereocenters. The van der Waals surface area contributed by atoms with E-state index >= 15 is 0 Å². The highest BCUT2D eigenvalue weighted by molar-refractivity contribution is 6.05. The number of carboxylic acid groups (broad SMARTS) is 1. The molecule has 238 valence electrons. The molecule has 0 aliphatic rings. The van der Waals surface area contributed by atoms with Crippen molar-refractivity contribution in [2.45, 2.75) is 39.5 Å². The number of phenols is 1. The minimum absolute atomic E-state index is 0.0362. The molecule has 0 saturated heterocycles. The number of aromatic hydroxyl groups is 1. The Labute approximate surface area is 263 Å². The summed E-state index contributed by atoms with van der Waals surface area (Å²) in [6.45, 7) is 3.52. The van der Waals surface area contributed by atoms with Crippen molar-refractivity contribution in [1.29, 1.82) is 5.41 Å². The van der Waals surface area contributed by atoms with Crippen LogP contribution in [0.5, 0.6) is 5.75 Å². The van der Waals surface area contributed by atoms with Crippen LogP contribution in [0.4, 0.5) is 16.3 Å². The topological polar surface area (TPSA) is 225 Å². The van der Waals surface area contributed by atoms with Crippen LogP contribution < -0.4 is 32.6 Å². The van der Waals surface area contributed by atoms with E-state index in [0.717, 1.165) is 5.56 Å². The van der Waals surface area contributed by atoms with Gasteiger partial charge in [0.15, 0.2) is 5.82 Å². The van der Waals surface area contributed by atoms with Gasteiger partial charge in [0.25, 0.3) is 11.5 Å². The van der Waals surface area contributed by atoms with Gasteiger partial charge in [0, 0.05) is 35.9 Å². The Bertz CT molecular complexity index is 1840. The number of hydrogen-bond acceptors (Lipinski definition) is 9. The number of aromatic nitrogens is 2. The minimum atomic E-state index is -1.45. The van der Waals surface area contributed by atoms with Gasteiger partial charge in [-0.2, -0.15) is 0 Å². The van der Waals surface area contributed by atoms with Gasteiger partial charge in [-0.25, -0.2) is 9.78 Å². The van der Waals surface area contributed by atoms with Crippen LogP contribution in [0.2, 0.25) is 0 Å². The number of carbonyl (C=O) groups excluding carboxylic acids is 2. The molecular formula is C32H34N8O6. The molecule has 4 rings (SSSR count). The van der Waals surface area contributed by atoms with E-state index < -0.39 is 29.9 Å². The summed E-state index contributed by atoms with van der Waals surface area (Å²) in [5.74, 6) is -1.74. The molecule has 3 amide bonds. The highest BCUT2D eigenvalue weighted by atomic mass is 16.4. The molecule has 14 heteroatoms. The van der Waals surface area contributed by atoms with Crippen molar-refractivity contribution < 1.29 is 24.6 Å². The van der Waals surface area contributed by atoms with Crippen molar-refractivity contribution in [3.05, 3.63) is 106 Å². The summed E-state index contributed by atoms with van der Waals surface area (Å²) in [5, 5.41) is 37.2. The quantitative estimate of drug-likeness (QED) is 0.0695. The first kappa shape index (κ1) is 32.7. The summed E-state index contributed by atoms with van der Waals surface area (Å²) in [6.07, 6.45) is -0.0181. The highest BCUT2D eigenvalue weighted by Gasteiger charge is 2.18. The fourth-order valence-electron chi connectivity index (χ4n) is 4.53. The monoisotopic (exact) mass is 626 g/mol. The number of phenolic OH excluding ortho intramolecular Hbond substituents is 1. The molecule has 0 aliphatic carbocycles. The standard InChI is InChI=1S/C32H34N8O6/c1-18(2)38-29-31(44)40(17-27(42)35-15-20-8-9-24(26(41)10-20)28(34)39-32(45)46)25(16-36-29)21-11-22(13-23(33)12-21)30(43)37-14-19-6-4-3-5-7-19/h3-13,16,18,41H,14-15,17,33H2,1-2H3,(H2,34,39)(H,35,42)(H,36,38)(H,37,43)(H,45,46). The first-order valence-corrected chi connectivity index (χ1v) is 14.2. The van der Waals surface area contributed by atoms with E-state index in [0.29, 0.717) is 17.7 Å². The largest absolute Gasteiger partial charge is 0.507 e. The maximum atomic E-state index is 13.5. The number of rotatable bonds is 11. The van der Waals surface area contributed by atoms with E-state index in [1.165, 1.54) is 35.0 Å². The second-order valence-corrected chi connectivity index (χ2v) is 10.6. The van der Waals surface area contributed by atoms with Crippen LogP contribution in [0.3, 0.4) is 0 Å². The number of carbonyl (C=O) groups is 3. The SMILES string of the molecule is CC(C)Nc1ncc(-c2cc(N)cc(C(=O)NCc3ccccc3)c2)n(CC(=O)NCc2ccc(C(=N)NC(=O)O)c(O)c2)c1=O. The predicted molar refractivity (Wildman–Crippen MR) is 173 cm³/mol. The lowest BCUT2D eigenvalue weighted by Gasteiger charge is -2.17. The van der Waals surface area contributed by atoms with E-state index in [9.17, 15) is 24.3 Å². The zero-order valence-electron chi connectivity index (χ0n) is 25.1. The number of nitrogen functional groups attached to an aromatic ring is 1. The van der Waals surface area contributed by atoms with Gasteiger partial charge >= 0.3 is 6.09 Å². The van der Waals surface area contributed by atoms with Gasteiger partial charge < -0.3 is 31.9 Å². The number of amides is 3. The van der Waals surface area contributed by atoms with Crippen LogP contribution >= 0.6 is 0 Å². The first-order chi connectivity index (χ1) is 21.9. The number of nitrogens with zero attached hydrogens (tertiary/aromatic N) is 2. The first-order valence-electron chi connectivity index (χ1n) is 14.2. The third-order valence-corrected chi connectivity index (χ3v) is 6.64. The zero-order valence-corrected chi connectivity index (χ0v) is 25.1. The number of nitrogens with two attached hydrogens (primary N) is 1. The van der Waals surface area contributed by atoms with Crippen LogP contribution in [0.25, 0.3) is 11.3 Å². The Morgan fingerprint density at radius 1 is 0.978 bits per heavy atom. The Kier molecular flexibility index (Phi) is 10.3. The number of anilines is 2. The Hall–Kier alpha value is -6.18. The van der Waals surface area contributed by atoms with Gasteiger partial charge in [0.2, 0.25) is 5.91 Å². The van der Waals surface area contributed by atoms with Crippen LogP contribution in [-0.2, 0) is 24.4 Å². The van der Waals surface area contributed by atoms with E-state index in [4.69, 9.17) is 16.2 Å². The molecule has 0 saturated carbocycles. The van der Waals surface area contributed by atoms with Crippen molar-refractivity contribution in [3.63, 3.8) is 0 Å². The molecule has 0 aliphatic heterocycles. The fraction of sp³-hybridized carbons (Fsp3) is 0.188. The number of benzene rings is 3. The van der Waals surface area contributed by atoms with Crippen LogP contribution in [-0.4, -0.2) is 49.5 Å². The molecule has 46 heavy (non-hydrogen) atoms. The third kappa shape index (κ3) is 8.47. The maximum Gasteiger partial charge on any atom is 0.410 e. The number of nitrogens with one attached hydrogen (secondary N) is 5. The molecule has 14 nitrogen and oxygen atoms in total. The average Bonchev–Trinajstić information content (AvgIpc) is 3.00. The normalized spacial score (nSPS) is 10.7. The van der Waals surface area contributed by atoms with Gasteiger partial charge in [-0.1, -0.05) is 36.4 Å². The van der Waals surface area contributed by atoms with Crippen LogP contribution in [0.15, 0.2) is 77.7 Å². The van der Waals surface area contributed by atoms with Crippen molar-refractivity contribution in [3.8, 4) is 17.0 Å². The highest BCUT2D eigenvalue weighted by Crippen LogP contribution is 2.24. The molecule has 1 aromatic heterocycles. The molecule has 9 N–H and O–H groups in total. The molecule has 0 fully saturated rings. The van der Waals surface area contributed by atoms with E-state index in [1.807, 2.05) is 49.5 Å². The number of amidine groups is 1. The van der Waals surface area contributed by atoms with Crippen molar-refractivity contribution in [1.82, 2.24) is 25.5 Å². The van der Waals surface area contributed by atoms with Gasteiger partial charge in [0.05, 0.1) is 17.5 Å². The van der Waals surface area contributed by atoms with Crippen molar-refractivity contribution in [2.75, 3.05) is 11.1 Å². The molecule has 0 spiro atoms. The van der Waals surface area contributed by atoms with Crippen LogP contribution in [0.1, 0.15) is 40.9 Å². The lowest BCUT2D eigenvalue weighted by Crippen LogP contribution is -2.35. The molecule has 1 heterocycles. The van der Waals surface area contributed by atoms with Gasteiger partial charge in [-0.05, 0) is 55.3 Å².